The number of halogens is 3. The molecule has 0 atom stereocenters. The van der Waals surface area contributed by atoms with Crippen molar-refractivity contribution in [2.75, 3.05) is 36.5 Å². The third-order valence-electron chi connectivity index (χ3n) is 6.18. The number of nitrogens with zero attached hydrogens (tertiary/aromatic N) is 2. The number of rotatable bonds is 11. The van der Waals surface area contributed by atoms with Crippen LogP contribution in [0, 0.1) is 5.82 Å². The molecule has 0 bridgehead atoms. The van der Waals surface area contributed by atoms with E-state index in [1.54, 1.807) is 18.3 Å². The van der Waals surface area contributed by atoms with Gasteiger partial charge in [-0.3, -0.25) is 15.0 Å². The topological polar surface area (TPSA) is 101 Å². The Morgan fingerprint density at radius 1 is 0.953 bits per heavy atom. The van der Waals surface area contributed by atoms with Gasteiger partial charge in [-0.05, 0) is 57.7 Å². The molecule has 0 fully saturated rings. The molecule has 0 aliphatic heterocycles. The van der Waals surface area contributed by atoms with Crippen molar-refractivity contribution in [2.45, 2.75) is 19.9 Å². The SMILES string of the molecule is CCC[n+]1cc(Br)cc(C(=O)NCCOC(=O)N(CCOC(=O)Nc2cccc3ccccc23)c2ccc(F)cc2)c1.[Cl-]. The smallest absolute Gasteiger partial charge is 0.414 e. The zero-order valence-corrected chi connectivity index (χ0v) is 25.7. The van der Waals surface area contributed by atoms with Crippen LogP contribution in [0.25, 0.3) is 10.8 Å². The van der Waals surface area contributed by atoms with E-state index in [-0.39, 0.29) is 44.6 Å². The van der Waals surface area contributed by atoms with Crippen molar-refractivity contribution >= 4 is 56.2 Å². The lowest BCUT2D eigenvalue weighted by molar-refractivity contribution is -0.697. The Kier molecular flexibility index (Phi) is 12.7. The van der Waals surface area contributed by atoms with E-state index >= 15 is 0 Å². The summed E-state index contributed by atoms with van der Waals surface area (Å²) in [5, 5.41) is 7.29. The average molecular weight is 674 g/mol. The molecule has 0 radical (unpaired) electrons. The van der Waals surface area contributed by atoms with Gasteiger partial charge in [0, 0.05) is 17.5 Å². The number of benzene rings is 3. The van der Waals surface area contributed by atoms with Crippen LogP contribution in [0.4, 0.5) is 25.4 Å². The van der Waals surface area contributed by atoms with Crippen molar-refractivity contribution in [1.82, 2.24) is 5.32 Å². The van der Waals surface area contributed by atoms with E-state index in [1.807, 2.05) is 54.1 Å². The summed E-state index contributed by atoms with van der Waals surface area (Å²) in [5.74, 6) is -0.772. The molecular weight excluding hydrogens is 643 g/mol. The van der Waals surface area contributed by atoms with E-state index < -0.39 is 18.0 Å². The molecule has 9 nitrogen and oxygen atoms in total. The zero-order valence-electron chi connectivity index (χ0n) is 23.4. The Labute approximate surface area is 263 Å². The molecule has 0 aliphatic rings. The molecule has 0 saturated carbocycles. The molecule has 12 heteroatoms. The van der Waals surface area contributed by atoms with Crippen LogP contribution in [-0.4, -0.2) is 44.4 Å². The lowest BCUT2D eigenvalue weighted by Gasteiger charge is -2.22. The van der Waals surface area contributed by atoms with Crippen LogP contribution >= 0.6 is 15.9 Å². The number of carbonyl (C=O) groups excluding carboxylic acids is 3. The molecule has 1 heterocycles. The summed E-state index contributed by atoms with van der Waals surface area (Å²) in [6, 6.07) is 20.1. The normalized spacial score (nSPS) is 10.4. The zero-order chi connectivity index (χ0) is 29.9. The number of hydrogen-bond acceptors (Lipinski definition) is 5. The fourth-order valence-corrected chi connectivity index (χ4v) is 4.76. The molecule has 226 valence electrons. The summed E-state index contributed by atoms with van der Waals surface area (Å²) in [4.78, 5) is 39.3. The number of anilines is 2. The van der Waals surface area contributed by atoms with Crippen molar-refractivity contribution < 1.29 is 45.2 Å². The van der Waals surface area contributed by atoms with Crippen molar-refractivity contribution in [3.05, 3.63) is 101 Å². The fourth-order valence-electron chi connectivity index (χ4n) is 4.25. The Bertz CT molecular complexity index is 1550. The summed E-state index contributed by atoms with van der Waals surface area (Å²) in [6.07, 6.45) is 3.14. The maximum atomic E-state index is 13.5. The molecule has 4 rings (SSSR count). The number of ether oxygens (including phenoxy) is 2. The van der Waals surface area contributed by atoms with Crippen LogP contribution in [0.15, 0.2) is 89.7 Å². The summed E-state index contributed by atoms with van der Waals surface area (Å²) < 4.78 is 26.9. The molecule has 0 saturated heterocycles. The van der Waals surface area contributed by atoms with Crippen LogP contribution in [0.2, 0.25) is 0 Å². The standard InChI is InChI=1S/C31H30BrFN4O5.ClH/c1-2-15-36-20-23(19-24(32)21-36)29(38)34-14-17-42-31(40)37(26-12-10-25(33)11-13-26)16-18-41-30(39)35-28-9-5-7-22-6-3-4-8-27(22)28;/h3-13,19-21H,2,14-18H2,1H3,(H-,34,35,38,39);1H. The van der Waals surface area contributed by atoms with Gasteiger partial charge in [0.25, 0.3) is 5.91 Å². The van der Waals surface area contributed by atoms with Gasteiger partial charge in [-0.2, -0.15) is 0 Å². The first-order valence-corrected chi connectivity index (χ1v) is 14.2. The molecule has 3 aromatic carbocycles. The van der Waals surface area contributed by atoms with Gasteiger partial charge in [-0.15, -0.1) is 0 Å². The van der Waals surface area contributed by atoms with E-state index in [2.05, 4.69) is 26.6 Å². The van der Waals surface area contributed by atoms with Crippen molar-refractivity contribution in [3.8, 4) is 0 Å². The number of aryl methyl sites for hydroxylation is 1. The first kappa shape index (κ1) is 33.3. The van der Waals surface area contributed by atoms with Crippen LogP contribution < -0.4 is 32.5 Å². The second-order valence-electron chi connectivity index (χ2n) is 9.27. The van der Waals surface area contributed by atoms with E-state index in [0.717, 1.165) is 28.2 Å². The number of amides is 3. The summed E-state index contributed by atoms with van der Waals surface area (Å²) in [6.45, 7) is 2.59. The van der Waals surface area contributed by atoms with E-state index in [4.69, 9.17) is 9.47 Å². The van der Waals surface area contributed by atoms with Gasteiger partial charge in [0.05, 0.1) is 23.2 Å². The Morgan fingerprint density at radius 2 is 1.70 bits per heavy atom. The maximum absolute atomic E-state index is 13.5. The Hall–Kier alpha value is -4.22. The number of carbonyl (C=O) groups is 3. The molecule has 0 unspecified atom stereocenters. The Morgan fingerprint density at radius 3 is 2.47 bits per heavy atom. The van der Waals surface area contributed by atoms with Crippen LogP contribution in [0.3, 0.4) is 0 Å². The monoisotopic (exact) mass is 672 g/mol. The predicted octanol–water partition coefficient (Wildman–Crippen LogP) is 3.06. The minimum Gasteiger partial charge on any atom is -1.00 e. The van der Waals surface area contributed by atoms with Gasteiger partial charge in [-0.25, -0.2) is 18.5 Å². The first-order valence-electron chi connectivity index (χ1n) is 13.4. The van der Waals surface area contributed by atoms with Crippen molar-refractivity contribution in [3.63, 3.8) is 0 Å². The second kappa shape index (κ2) is 16.4. The largest absolute Gasteiger partial charge is 1.00 e. The number of aromatic nitrogens is 1. The molecule has 0 spiro atoms. The average Bonchev–Trinajstić information content (AvgIpc) is 2.98. The number of hydrogen-bond donors (Lipinski definition) is 2. The van der Waals surface area contributed by atoms with Crippen LogP contribution in [-0.2, 0) is 16.0 Å². The van der Waals surface area contributed by atoms with E-state index in [1.165, 1.54) is 29.2 Å². The van der Waals surface area contributed by atoms with Gasteiger partial charge in [0.2, 0.25) is 0 Å². The quantitative estimate of drug-likeness (QED) is 0.188. The first-order chi connectivity index (χ1) is 20.3. The third kappa shape index (κ3) is 9.65. The molecule has 1 aromatic heterocycles. The van der Waals surface area contributed by atoms with Crippen molar-refractivity contribution in [1.29, 1.82) is 0 Å². The highest BCUT2D eigenvalue weighted by atomic mass is 79.9. The minimum atomic E-state index is -0.739. The molecule has 3 amide bonds. The van der Waals surface area contributed by atoms with Gasteiger partial charge in [0.1, 0.15) is 31.1 Å². The summed E-state index contributed by atoms with van der Waals surface area (Å²) in [7, 11) is 0. The van der Waals surface area contributed by atoms with Crippen LogP contribution in [0.1, 0.15) is 23.7 Å². The van der Waals surface area contributed by atoms with Gasteiger partial charge in [-0.1, -0.05) is 43.3 Å². The highest BCUT2D eigenvalue weighted by molar-refractivity contribution is 9.10. The number of nitrogens with one attached hydrogen (secondary N) is 2. The molecular formula is C31H31BrClFN4O5. The van der Waals surface area contributed by atoms with Crippen molar-refractivity contribution in [2.24, 2.45) is 0 Å². The number of fused-ring (bicyclic) bond motifs is 1. The molecule has 43 heavy (non-hydrogen) atoms. The predicted molar refractivity (Wildman–Crippen MR) is 161 cm³/mol. The highest BCUT2D eigenvalue weighted by Crippen LogP contribution is 2.23. The van der Waals surface area contributed by atoms with Gasteiger partial charge < -0.3 is 27.2 Å². The minimum absolute atomic E-state index is 0. The third-order valence-corrected chi connectivity index (χ3v) is 6.61. The summed E-state index contributed by atoms with van der Waals surface area (Å²) in [5.41, 5.74) is 1.42. The second-order valence-corrected chi connectivity index (χ2v) is 10.2. The molecule has 0 aliphatic carbocycles. The van der Waals surface area contributed by atoms with E-state index in [0.29, 0.717) is 16.9 Å². The number of pyridine rings is 1. The molecule has 2 N–H and O–H groups in total. The lowest BCUT2D eigenvalue weighted by Crippen LogP contribution is -3.00. The summed E-state index contributed by atoms with van der Waals surface area (Å²) >= 11 is 3.42. The van der Waals surface area contributed by atoms with Crippen LogP contribution in [0.5, 0.6) is 0 Å². The van der Waals surface area contributed by atoms with Gasteiger partial charge in [0.15, 0.2) is 12.4 Å². The lowest BCUT2D eigenvalue weighted by atomic mass is 10.1. The fraction of sp³-hybridized carbons (Fsp3) is 0.226. The molecule has 4 aromatic rings. The highest BCUT2D eigenvalue weighted by Gasteiger charge is 2.19. The van der Waals surface area contributed by atoms with Gasteiger partial charge >= 0.3 is 12.2 Å². The Balaban J connectivity index is 0.00000506. The van der Waals surface area contributed by atoms with E-state index in [9.17, 15) is 18.8 Å². The maximum Gasteiger partial charge on any atom is 0.414 e.